The van der Waals surface area contributed by atoms with Gasteiger partial charge in [-0.15, -0.1) is 0 Å². The van der Waals surface area contributed by atoms with Gasteiger partial charge in [-0.05, 0) is 24.8 Å². The van der Waals surface area contributed by atoms with Crippen molar-refractivity contribution >= 4 is 11.8 Å². The van der Waals surface area contributed by atoms with Gasteiger partial charge in [0.15, 0.2) is 0 Å². The van der Waals surface area contributed by atoms with Crippen molar-refractivity contribution in [3.05, 3.63) is 12.2 Å². The first-order valence-electron chi connectivity index (χ1n) is 6.32. The molecule has 0 aromatic carbocycles. The summed E-state index contributed by atoms with van der Waals surface area (Å²) in [5.74, 6) is 0.107. The Hall–Kier alpha value is -1.83. The van der Waals surface area contributed by atoms with Gasteiger partial charge in [0.2, 0.25) is 11.8 Å². The van der Waals surface area contributed by atoms with Gasteiger partial charge in [0.05, 0.1) is 6.07 Å². The Labute approximate surface area is 107 Å². The van der Waals surface area contributed by atoms with Crippen LogP contribution >= 0.6 is 0 Å². The van der Waals surface area contributed by atoms with E-state index in [-0.39, 0.29) is 18.2 Å². The zero-order chi connectivity index (χ0) is 13.2. The van der Waals surface area contributed by atoms with Crippen molar-refractivity contribution in [3.8, 4) is 6.07 Å². The average Bonchev–Trinajstić information content (AvgIpc) is 2.85. The van der Waals surface area contributed by atoms with Crippen LogP contribution in [0.25, 0.3) is 0 Å². The van der Waals surface area contributed by atoms with Gasteiger partial charge in [0.25, 0.3) is 0 Å². The van der Waals surface area contributed by atoms with Crippen LogP contribution in [0.3, 0.4) is 0 Å². The molecule has 0 bridgehead atoms. The Morgan fingerprint density at radius 2 is 1.89 bits per heavy atom. The van der Waals surface area contributed by atoms with E-state index in [0.717, 1.165) is 0 Å². The van der Waals surface area contributed by atoms with Gasteiger partial charge in [-0.25, -0.2) is 0 Å². The monoisotopic (exact) mass is 249 g/mol. The summed E-state index contributed by atoms with van der Waals surface area (Å²) in [7, 11) is 0. The van der Waals surface area contributed by atoms with Crippen LogP contribution in [0.2, 0.25) is 0 Å². The molecule has 18 heavy (non-hydrogen) atoms. The van der Waals surface area contributed by atoms with Gasteiger partial charge in [-0.3, -0.25) is 9.59 Å². The van der Waals surface area contributed by atoms with Crippen molar-refractivity contribution in [1.29, 1.82) is 5.26 Å². The predicted molar refractivity (Wildman–Crippen MR) is 67.3 cm³/mol. The van der Waals surface area contributed by atoms with Crippen molar-refractivity contribution in [2.24, 2.45) is 5.92 Å². The first kappa shape index (κ1) is 14.2. The maximum Gasteiger partial charge on any atom is 0.243 e. The Morgan fingerprint density at radius 3 is 2.56 bits per heavy atom. The van der Waals surface area contributed by atoms with E-state index in [4.69, 9.17) is 5.26 Å². The number of carbonyl (C=O) groups is 2. The Bertz CT molecular complexity index is 352. The Morgan fingerprint density at radius 1 is 1.22 bits per heavy atom. The van der Waals surface area contributed by atoms with Crippen LogP contribution in [0.15, 0.2) is 12.2 Å². The lowest BCUT2D eigenvalue weighted by Gasteiger charge is -2.04. The van der Waals surface area contributed by atoms with Crippen LogP contribution in [0.5, 0.6) is 0 Å². The highest BCUT2D eigenvalue weighted by Crippen LogP contribution is 2.25. The highest BCUT2D eigenvalue weighted by atomic mass is 16.2. The molecular weight excluding hydrogens is 230 g/mol. The van der Waals surface area contributed by atoms with Crippen LogP contribution in [-0.4, -0.2) is 24.9 Å². The number of amides is 2. The van der Waals surface area contributed by atoms with Gasteiger partial charge >= 0.3 is 0 Å². The minimum absolute atomic E-state index is 0.128. The van der Waals surface area contributed by atoms with E-state index in [1.165, 1.54) is 25.7 Å². The fraction of sp³-hybridized carbons (Fsp3) is 0.615. The van der Waals surface area contributed by atoms with Crippen molar-refractivity contribution in [3.63, 3.8) is 0 Å². The number of nitrogens with one attached hydrogen (secondary N) is 2. The normalized spacial score (nSPS) is 15.5. The summed E-state index contributed by atoms with van der Waals surface area (Å²) >= 11 is 0. The molecule has 0 saturated heterocycles. The predicted octanol–water partition coefficient (Wildman–Crippen LogP) is 0.879. The van der Waals surface area contributed by atoms with Gasteiger partial charge in [-0.2, -0.15) is 5.26 Å². The van der Waals surface area contributed by atoms with Crippen molar-refractivity contribution in [2.75, 3.05) is 13.1 Å². The molecule has 2 N–H and O–H groups in total. The molecule has 5 heteroatoms. The van der Waals surface area contributed by atoms with Crippen molar-refractivity contribution in [2.45, 2.75) is 32.1 Å². The number of hydrogen-bond donors (Lipinski definition) is 2. The van der Waals surface area contributed by atoms with E-state index < -0.39 is 0 Å². The first-order valence-corrected chi connectivity index (χ1v) is 6.32. The van der Waals surface area contributed by atoms with E-state index in [1.807, 2.05) is 6.08 Å². The van der Waals surface area contributed by atoms with E-state index in [2.05, 4.69) is 10.6 Å². The fourth-order valence-corrected chi connectivity index (χ4v) is 1.95. The third-order valence-electron chi connectivity index (χ3n) is 2.91. The maximum atomic E-state index is 11.4. The summed E-state index contributed by atoms with van der Waals surface area (Å²) in [5.41, 5.74) is 0. The van der Waals surface area contributed by atoms with Gasteiger partial charge in [0, 0.05) is 13.1 Å². The molecule has 0 unspecified atom stereocenters. The second kappa shape index (κ2) is 8.29. The van der Waals surface area contributed by atoms with E-state index in [9.17, 15) is 9.59 Å². The first-order chi connectivity index (χ1) is 8.72. The van der Waals surface area contributed by atoms with Gasteiger partial charge in [-0.1, -0.05) is 18.9 Å². The fourth-order valence-electron chi connectivity index (χ4n) is 1.95. The lowest BCUT2D eigenvalue weighted by Crippen LogP contribution is -2.33. The van der Waals surface area contributed by atoms with E-state index >= 15 is 0 Å². The zero-order valence-corrected chi connectivity index (χ0v) is 10.4. The van der Waals surface area contributed by atoms with E-state index in [1.54, 1.807) is 12.1 Å². The number of rotatable bonds is 6. The van der Waals surface area contributed by atoms with Crippen LogP contribution in [-0.2, 0) is 9.59 Å². The summed E-state index contributed by atoms with van der Waals surface area (Å²) in [6.07, 6.45) is 8.25. The van der Waals surface area contributed by atoms with Crippen LogP contribution in [0.1, 0.15) is 32.1 Å². The molecule has 0 spiro atoms. The molecular formula is C13H19N3O2. The lowest BCUT2D eigenvalue weighted by molar-refractivity contribution is -0.120. The number of hydrogen-bond acceptors (Lipinski definition) is 3. The average molecular weight is 249 g/mol. The third-order valence-corrected chi connectivity index (χ3v) is 2.91. The van der Waals surface area contributed by atoms with E-state index in [0.29, 0.717) is 19.0 Å². The summed E-state index contributed by atoms with van der Waals surface area (Å²) in [5, 5.41) is 13.5. The second-order valence-corrected chi connectivity index (χ2v) is 4.38. The highest BCUT2D eigenvalue weighted by Gasteiger charge is 2.11. The summed E-state index contributed by atoms with van der Waals surface area (Å²) in [6.45, 7) is 0.731. The number of carbonyl (C=O) groups excluding carboxylic acids is 2. The lowest BCUT2D eigenvalue weighted by atomic mass is 10.1. The molecule has 2 amide bonds. The third kappa shape index (κ3) is 6.04. The minimum atomic E-state index is -0.312. The van der Waals surface area contributed by atoms with Gasteiger partial charge < -0.3 is 10.6 Å². The number of nitriles is 1. The molecule has 1 aliphatic rings. The molecule has 98 valence electrons. The molecule has 5 nitrogen and oxygen atoms in total. The SMILES string of the molecule is N#CCC(=O)NCCNC(=O)/C=C/C1CCCC1. The van der Waals surface area contributed by atoms with Crippen molar-refractivity contribution < 1.29 is 9.59 Å². The summed E-state index contributed by atoms with van der Waals surface area (Å²) in [6, 6.07) is 1.76. The Balaban J connectivity index is 2.06. The molecule has 1 rings (SSSR count). The molecule has 0 aromatic rings. The molecule has 0 aliphatic heterocycles. The van der Waals surface area contributed by atoms with Crippen LogP contribution in [0.4, 0.5) is 0 Å². The molecule has 1 aliphatic carbocycles. The number of allylic oxidation sites excluding steroid dienone is 1. The molecule has 0 radical (unpaired) electrons. The topological polar surface area (TPSA) is 82.0 Å². The molecule has 1 fully saturated rings. The summed E-state index contributed by atoms with van der Waals surface area (Å²) < 4.78 is 0. The maximum absolute atomic E-state index is 11.4. The second-order valence-electron chi connectivity index (χ2n) is 4.38. The van der Waals surface area contributed by atoms with Crippen LogP contribution in [0, 0.1) is 17.2 Å². The van der Waals surface area contributed by atoms with Gasteiger partial charge in [0.1, 0.15) is 6.42 Å². The molecule has 0 heterocycles. The molecule has 0 atom stereocenters. The zero-order valence-electron chi connectivity index (χ0n) is 10.4. The standard InChI is InChI=1S/C13H19N3O2/c14-8-7-13(18)16-10-9-15-12(17)6-5-11-3-1-2-4-11/h5-6,11H,1-4,7,9-10H2,(H,15,17)(H,16,18)/b6-5+. The van der Waals surface area contributed by atoms with Crippen LogP contribution < -0.4 is 10.6 Å². The Kier molecular flexibility index (Phi) is 6.55. The quantitative estimate of drug-likeness (QED) is 0.541. The minimum Gasteiger partial charge on any atom is -0.353 e. The smallest absolute Gasteiger partial charge is 0.243 e. The molecule has 1 saturated carbocycles. The van der Waals surface area contributed by atoms with Crippen molar-refractivity contribution in [1.82, 2.24) is 10.6 Å². The number of nitrogens with zero attached hydrogens (tertiary/aromatic N) is 1. The molecule has 0 aromatic heterocycles. The summed E-state index contributed by atoms with van der Waals surface area (Å²) in [4.78, 5) is 22.3. The highest BCUT2D eigenvalue weighted by molar-refractivity contribution is 5.87. The largest absolute Gasteiger partial charge is 0.353 e.